The molecule has 0 aliphatic carbocycles. The second-order valence-corrected chi connectivity index (χ2v) is 134. The number of hydrogen-bond donors (Lipinski definition) is 0. The summed E-state index contributed by atoms with van der Waals surface area (Å²) in [4.78, 5) is 0. The summed E-state index contributed by atoms with van der Waals surface area (Å²) in [7, 11) is -9.75. The van der Waals surface area contributed by atoms with Crippen LogP contribution in [0.15, 0.2) is 85.2 Å². The zero-order chi connectivity index (χ0) is 118. The fourth-order valence-corrected chi connectivity index (χ4v) is 53.7. The third-order valence-corrected chi connectivity index (χ3v) is 81.1. The van der Waals surface area contributed by atoms with Crippen LogP contribution in [-0.2, 0) is 88.5 Å². The quantitative estimate of drug-likeness (QED) is 0.0569. The van der Waals surface area contributed by atoms with Crippen molar-refractivity contribution >= 4 is 178 Å². The van der Waals surface area contributed by atoms with E-state index in [0.29, 0.717) is 0 Å². The lowest BCUT2D eigenvalue weighted by Crippen LogP contribution is -2.43. The minimum absolute atomic E-state index is 0.371. The Morgan fingerprint density at radius 3 is 0.473 bits per heavy atom. The van der Waals surface area contributed by atoms with Crippen LogP contribution in [0.5, 0.6) is 0 Å². The second kappa shape index (κ2) is 89.8. The van der Waals surface area contributed by atoms with Crippen LogP contribution in [0.4, 0.5) is 0 Å². The van der Waals surface area contributed by atoms with Crippen LogP contribution >= 0.6 is 0 Å². The fraction of sp³-hybridized carbons (Fsp3) is 0.855. The SMILES string of the molecule is C=C[Si](C)(C)CCC[Si](C)(OC)OC.C=C[Si](C)(C)CCC[Si](C)(OCC)OCC.CCO[Si](C)(CCC[SiH](C)C)OCC.CCO[Si](C)(CCC[Si](C)(C)C)OCC.CCO[Si](C)(CCC[Si](C)(C)C)OCC.CCO[Si](C)(CCC[Si](C)(C)c1ccccc1)OCC.CO[Si](C)(CCC[SiH](C)C)OC.CO[Si](C)(CCC[Si](C)(C)C)OC.CO[Si](C)(CCC[Si](C)(C)C)OC.CO[Si](C)(CCC[Si](C)(C)c1ccccc1)OC. The number of hydrogen-bond acceptors (Lipinski definition) is 20. The summed E-state index contributed by atoms with van der Waals surface area (Å²) < 4.78 is 113. The maximum atomic E-state index is 5.92. The van der Waals surface area contributed by atoms with E-state index in [1.807, 2.05) is 13.8 Å². The molecule has 2 aromatic rings. The molecule has 0 saturated heterocycles. The third-order valence-electron chi connectivity index (χ3n) is 27.9. The maximum absolute atomic E-state index is 5.92. The van der Waals surface area contributed by atoms with Gasteiger partial charge in [-0.05, 0) is 195 Å². The average molecular weight is 2460 g/mol. The molecule has 0 aromatic heterocycles. The van der Waals surface area contributed by atoms with E-state index in [2.05, 4.69) is 363 Å². The molecule has 2 rings (SSSR count). The largest absolute Gasteiger partial charge is 0.398 e. The Balaban J connectivity index is -0.000000250. The summed E-state index contributed by atoms with van der Waals surface area (Å²) in [6, 6.07) is 46.7. The van der Waals surface area contributed by atoms with Crippen molar-refractivity contribution in [3.05, 3.63) is 85.2 Å². The van der Waals surface area contributed by atoms with Gasteiger partial charge in [0.05, 0.1) is 32.3 Å². The van der Waals surface area contributed by atoms with Crippen LogP contribution in [0.2, 0.25) is 343 Å². The average Bonchev–Trinajstić information content (AvgIpc) is 0.844. The molecule has 0 amide bonds. The molecule has 0 unspecified atom stereocenters. The Morgan fingerprint density at radius 2 is 0.333 bits per heavy atom. The topological polar surface area (TPSA) is 185 Å². The number of rotatable bonds is 74. The smallest absolute Gasteiger partial charge is 0.334 e. The molecular weight excluding hydrogens is 2200 g/mol. The molecule has 0 spiro atoms. The van der Waals surface area contributed by atoms with Gasteiger partial charge in [-0.3, -0.25) is 0 Å². The van der Waals surface area contributed by atoms with E-state index in [1.54, 1.807) is 81.5 Å². The van der Waals surface area contributed by atoms with Gasteiger partial charge in [0.1, 0.15) is 0 Å². The first-order chi connectivity index (χ1) is 69.0. The van der Waals surface area contributed by atoms with Crippen LogP contribution in [0.3, 0.4) is 0 Å². The predicted molar refractivity (Wildman–Crippen MR) is 718 cm³/mol. The first kappa shape index (κ1) is 167. The number of benzene rings is 2. The highest BCUT2D eigenvalue weighted by Crippen LogP contribution is 2.31. The Labute approximate surface area is 957 Å². The molecule has 0 atom stereocenters. The molecule has 900 valence electrons. The summed E-state index contributed by atoms with van der Waals surface area (Å²) in [5.41, 5.74) is 4.33. The summed E-state index contributed by atoms with van der Waals surface area (Å²) in [6.45, 7) is 116. The standard InChI is InChI=1S/C16H30O2Si2.C14H26O2Si2.C12H28O2Si2.2C11H28O2Si2.C10H24O2Si2.C10H26O2Si2.2C9H24O2Si2.C8H22O2Si2/c1-6-17-20(5,18-7-2)15-11-14-19(3,4)16-12-9-8-10-13-16;1-15-18(5,16-2)13-9-12-17(3,4)14-10-7-6-8-11-14;1-7-13-16(6,14-8-2)12-10-11-15(4,5)9-3;2*1-7-12-15(6,13-8-2)11-9-10-14(3,4)5;1-7-13(4,5)9-8-10-14(6,11-2)12-3;1-6-11-14(5,12-7-2)10-8-9-13(3)4;2*1-10-13(6,11-2)9-7-8-12(3,4)5;1-9-12(5,10-2)8-6-7-11(3)4/h8-10,12-13H,6-7,11,14-15H2,1-5H3;6-8,10-11H,9,12-13H2,1-5H3;9H,3,7-8,10-12H2,1-2,4-6H3;2*7-11H2,1-6H3;7H,1,8-10H2,2-6H3;13H,6-10H2,1-5H3;2*7-9H2,1-6H3;11H,6-8H2,1-5H3. The predicted octanol–water partition coefficient (Wildman–Crippen LogP) is 33.7. The van der Waals surface area contributed by atoms with E-state index in [-0.39, 0.29) is 17.6 Å². The highest BCUT2D eigenvalue weighted by molar-refractivity contribution is 6.90. The first-order valence-electron chi connectivity index (χ1n) is 58.3. The molecular formula is C110H260O20Si20. The van der Waals surface area contributed by atoms with Gasteiger partial charge >= 0.3 is 85.6 Å². The van der Waals surface area contributed by atoms with E-state index in [9.17, 15) is 0 Å². The molecule has 0 fully saturated rings. The monoisotopic (exact) mass is 2460 g/mol. The molecule has 0 aliphatic heterocycles. The van der Waals surface area contributed by atoms with E-state index in [1.165, 1.54) is 131 Å². The summed E-state index contributed by atoms with van der Waals surface area (Å²) in [5.74, 6) is 0. The van der Waals surface area contributed by atoms with E-state index >= 15 is 0 Å². The molecule has 0 aliphatic rings. The van der Waals surface area contributed by atoms with Crippen molar-refractivity contribution in [2.24, 2.45) is 0 Å². The van der Waals surface area contributed by atoms with Crippen molar-refractivity contribution in [1.82, 2.24) is 0 Å². The summed E-state index contributed by atoms with van der Waals surface area (Å²) in [5, 5.41) is 3.10. The summed E-state index contributed by atoms with van der Waals surface area (Å²) >= 11 is 0. The highest BCUT2D eigenvalue weighted by Gasteiger charge is 2.39. The Hall–Kier alpha value is 1.46. The van der Waals surface area contributed by atoms with Crippen LogP contribution in [0, 0.1) is 0 Å². The lowest BCUT2D eigenvalue weighted by Gasteiger charge is -2.28. The van der Waals surface area contributed by atoms with Gasteiger partial charge in [0.15, 0.2) is 0 Å². The van der Waals surface area contributed by atoms with Gasteiger partial charge in [0, 0.05) is 187 Å². The molecule has 40 heteroatoms. The van der Waals surface area contributed by atoms with E-state index < -0.39 is 150 Å². The lowest BCUT2D eigenvalue weighted by molar-refractivity contribution is 0.188. The maximum Gasteiger partial charge on any atom is 0.334 e. The molecule has 0 heterocycles. The van der Waals surface area contributed by atoms with Crippen molar-refractivity contribution in [3.8, 4) is 0 Å². The van der Waals surface area contributed by atoms with Crippen molar-refractivity contribution < 1.29 is 88.5 Å². The van der Waals surface area contributed by atoms with Crippen molar-refractivity contribution in [2.45, 2.75) is 477 Å². The molecule has 0 radical (unpaired) electrons. The van der Waals surface area contributed by atoms with Gasteiger partial charge in [-0.25, -0.2) is 0 Å². The summed E-state index contributed by atoms with van der Waals surface area (Å²) in [6.07, 6.45) is 12.5. The first-order valence-corrected chi connectivity index (χ1v) is 118. The fourth-order valence-electron chi connectivity index (χ4n) is 16.5. The molecule has 2 aromatic carbocycles. The molecule has 150 heavy (non-hydrogen) atoms. The molecule has 0 bridgehead atoms. The van der Waals surface area contributed by atoms with Gasteiger partial charge in [-0.2, -0.15) is 0 Å². The van der Waals surface area contributed by atoms with E-state index in [0.717, 1.165) is 120 Å². The Bertz CT molecular complexity index is 3280. The Kier molecular flexibility index (Phi) is 99.7. The molecule has 0 saturated carbocycles. The second-order valence-electron chi connectivity index (χ2n) is 50.2. The van der Waals surface area contributed by atoms with Gasteiger partial charge in [-0.1, -0.05) is 353 Å². The van der Waals surface area contributed by atoms with Crippen LogP contribution in [0.25, 0.3) is 0 Å². The minimum atomic E-state index is -1.93. The van der Waals surface area contributed by atoms with Crippen molar-refractivity contribution in [1.29, 1.82) is 0 Å². The van der Waals surface area contributed by atoms with Gasteiger partial charge in [-0.15, -0.1) is 24.6 Å². The third kappa shape index (κ3) is 97.9. The highest BCUT2D eigenvalue weighted by atomic mass is 28.4. The lowest BCUT2D eigenvalue weighted by atomic mass is 10.4. The van der Waals surface area contributed by atoms with Crippen LogP contribution < -0.4 is 10.4 Å². The minimum Gasteiger partial charge on any atom is -0.398 e. The zero-order valence-electron chi connectivity index (χ0n) is 110. The normalized spacial score (nSPS) is 12.9. The Morgan fingerprint density at radius 1 is 0.193 bits per heavy atom. The molecule has 0 N–H and O–H groups in total. The zero-order valence-corrected chi connectivity index (χ0v) is 130. The van der Waals surface area contributed by atoms with Gasteiger partial charge in [0.2, 0.25) is 0 Å². The molecule has 20 nitrogen and oxygen atoms in total. The van der Waals surface area contributed by atoms with Crippen molar-refractivity contribution in [3.63, 3.8) is 0 Å². The van der Waals surface area contributed by atoms with Crippen LogP contribution in [-0.4, -0.2) is 305 Å². The van der Waals surface area contributed by atoms with Crippen LogP contribution in [0.1, 0.15) is 133 Å². The van der Waals surface area contributed by atoms with Crippen molar-refractivity contribution in [2.75, 3.05) is 137 Å². The van der Waals surface area contributed by atoms with E-state index in [4.69, 9.17) is 88.5 Å². The van der Waals surface area contributed by atoms with Gasteiger partial charge in [0.25, 0.3) is 0 Å². The van der Waals surface area contributed by atoms with Gasteiger partial charge < -0.3 is 88.5 Å².